The Kier molecular flexibility index (Phi) is 9.56. The first-order valence-electron chi connectivity index (χ1n) is 12.5. The number of hydrogen-bond donors (Lipinski definition) is 0. The van der Waals surface area contributed by atoms with Gasteiger partial charge in [0.15, 0.2) is 0 Å². The molecule has 0 heteroatoms. The van der Waals surface area contributed by atoms with Crippen LogP contribution in [0.3, 0.4) is 0 Å². The molecule has 0 atom stereocenters. The van der Waals surface area contributed by atoms with E-state index in [2.05, 4.69) is 74.2 Å². The molecule has 0 radical (unpaired) electrons. The Hall–Kier alpha value is -2.00. The van der Waals surface area contributed by atoms with E-state index in [0.29, 0.717) is 5.92 Å². The summed E-state index contributed by atoms with van der Waals surface area (Å²) in [6, 6.07) is 18.3. The molecule has 2 aromatic rings. The molecule has 0 unspecified atom stereocenters. The Morgan fingerprint density at radius 1 is 0.700 bits per heavy atom. The molecule has 0 aromatic heterocycles. The Morgan fingerprint density at radius 3 is 2.00 bits per heavy atom. The normalized spacial score (nSPS) is 18.6. The van der Waals surface area contributed by atoms with E-state index in [4.69, 9.17) is 0 Å². The van der Waals surface area contributed by atoms with Crippen LogP contribution in [-0.4, -0.2) is 0 Å². The number of rotatable bonds is 9. The molecule has 0 spiro atoms. The van der Waals surface area contributed by atoms with Crippen LogP contribution in [0.1, 0.15) is 106 Å². The number of unbranched alkanes of at least 4 members (excludes halogenated alkanes) is 5. The summed E-state index contributed by atoms with van der Waals surface area (Å²) in [6.07, 6.45) is 15.6. The lowest BCUT2D eigenvalue weighted by molar-refractivity contribution is 0.384. The first-order chi connectivity index (χ1) is 14.8. The van der Waals surface area contributed by atoms with Gasteiger partial charge in [-0.2, -0.15) is 0 Å². The summed E-state index contributed by atoms with van der Waals surface area (Å²) in [5.74, 6) is 8.32. The Morgan fingerprint density at radius 2 is 1.33 bits per heavy atom. The topological polar surface area (TPSA) is 0 Å². The molecule has 1 aliphatic carbocycles. The van der Waals surface area contributed by atoms with Gasteiger partial charge in [0.25, 0.3) is 0 Å². The van der Waals surface area contributed by atoms with Gasteiger partial charge in [0.1, 0.15) is 0 Å². The summed E-state index contributed by atoms with van der Waals surface area (Å²) < 4.78 is 0. The van der Waals surface area contributed by atoms with Crippen molar-refractivity contribution >= 4 is 0 Å². The second kappa shape index (κ2) is 12.6. The highest BCUT2D eigenvalue weighted by atomic mass is 14.2. The van der Waals surface area contributed by atoms with Crippen LogP contribution in [0.15, 0.2) is 48.5 Å². The molecule has 0 amide bonds. The summed E-state index contributed by atoms with van der Waals surface area (Å²) in [5, 5.41) is 0. The SMILES string of the molecule is CCCCCCCCc1ccc(C#C[C@H]2CC[C@H](c3ccc(CC)cc3)CC2)cc1. The molecule has 0 N–H and O–H groups in total. The smallest absolute Gasteiger partial charge is 0.0245 e. The lowest BCUT2D eigenvalue weighted by Gasteiger charge is -2.26. The van der Waals surface area contributed by atoms with Crippen molar-refractivity contribution in [3.8, 4) is 11.8 Å². The maximum atomic E-state index is 3.57. The van der Waals surface area contributed by atoms with Gasteiger partial charge in [-0.15, -0.1) is 0 Å². The molecule has 0 nitrogen and oxygen atoms in total. The molecule has 160 valence electrons. The van der Waals surface area contributed by atoms with Gasteiger partial charge < -0.3 is 0 Å². The molecule has 0 bridgehead atoms. The minimum Gasteiger partial charge on any atom is -0.0945 e. The van der Waals surface area contributed by atoms with Gasteiger partial charge in [-0.05, 0) is 79.7 Å². The van der Waals surface area contributed by atoms with Gasteiger partial charge in [0.05, 0.1) is 0 Å². The van der Waals surface area contributed by atoms with E-state index < -0.39 is 0 Å². The Balaban J connectivity index is 1.40. The van der Waals surface area contributed by atoms with Gasteiger partial charge in [-0.1, -0.05) is 94.2 Å². The van der Waals surface area contributed by atoms with Crippen LogP contribution in [0.2, 0.25) is 0 Å². The van der Waals surface area contributed by atoms with Crippen LogP contribution in [0.4, 0.5) is 0 Å². The minimum atomic E-state index is 0.568. The predicted molar refractivity (Wildman–Crippen MR) is 131 cm³/mol. The fourth-order valence-electron chi connectivity index (χ4n) is 4.65. The highest BCUT2D eigenvalue weighted by Gasteiger charge is 2.21. The van der Waals surface area contributed by atoms with Crippen molar-refractivity contribution < 1.29 is 0 Å². The Labute approximate surface area is 185 Å². The molecular weight excluding hydrogens is 360 g/mol. The standard InChI is InChI=1S/C30H40/c1-3-5-6-7-8-9-10-26-11-13-27(14-12-26)15-16-28-19-23-30(24-20-28)29-21-17-25(4-2)18-22-29/h11-14,17-18,21-22,28,30H,3-10,19-20,23-24H2,1-2H3/t28-,30-. The zero-order valence-electron chi connectivity index (χ0n) is 19.3. The molecular formula is C30H40. The van der Waals surface area contributed by atoms with Crippen molar-refractivity contribution in [3.05, 3.63) is 70.8 Å². The van der Waals surface area contributed by atoms with E-state index in [0.717, 1.165) is 12.3 Å². The van der Waals surface area contributed by atoms with E-state index >= 15 is 0 Å². The van der Waals surface area contributed by atoms with Crippen molar-refractivity contribution in [2.24, 2.45) is 5.92 Å². The quantitative estimate of drug-likeness (QED) is 0.292. The zero-order chi connectivity index (χ0) is 21.0. The molecule has 0 heterocycles. The van der Waals surface area contributed by atoms with Crippen LogP contribution >= 0.6 is 0 Å². The maximum absolute atomic E-state index is 3.57. The van der Waals surface area contributed by atoms with Crippen molar-refractivity contribution in [2.75, 3.05) is 0 Å². The van der Waals surface area contributed by atoms with Gasteiger partial charge in [-0.25, -0.2) is 0 Å². The summed E-state index contributed by atoms with van der Waals surface area (Å²) in [7, 11) is 0. The predicted octanol–water partition coefficient (Wildman–Crippen LogP) is 8.48. The molecule has 1 fully saturated rings. The molecule has 30 heavy (non-hydrogen) atoms. The van der Waals surface area contributed by atoms with Crippen LogP contribution < -0.4 is 0 Å². The first kappa shape index (κ1) is 22.7. The highest BCUT2D eigenvalue weighted by Crippen LogP contribution is 2.35. The van der Waals surface area contributed by atoms with Crippen LogP contribution in [0.25, 0.3) is 0 Å². The van der Waals surface area contributed by atoms with Crippen molar-refractivity contribution in [3.63, 3.8) is 0 Å². The van der Waals surface area contributed by atoms with Crippen LogP contribution in [-0.2, 0) is 12.8 Å². The van der Waals surface area contributed by atoms with Crippen molar-refractivity contribution in [1.29, 1.82) is 0 Å². The van der Waals surface area contributed by atoms with E-state index in [1.54, 1.807) is 0 Å². The molecule has 1 aliphatic rings. The molecule has 3 rings (SSSR count). The highest BCUT2D eigenvalue weighted by molar-refractivity contribution is 5.37. The van der Waals surface area contributed by atoms with Gasteiger partial charge in [0, 0.05) is 11.5 Å². The molecule has 2 aromatic carbocycles. The van der Waals surface area contributed by atoms with E-state index in [1.807, 2.05) is 0 Å². The fraction of sp³-hybridized carbons (Fsp3) is 0.533. The van der Waals surface area contributed by atoms with Gasteiger partial charge in [-0.3, -0.25) is 0 Å². The maximum Gasteiger partial charge on any atom is 0.0245 e. The summed E-state index contributed by atoms with van der Waals surface area (Å²) >= 11 is 0. The first-order valence-corrected chi connectivity index (χ1v) is 12.5. The third-order valence-electron chi connectivity index (χ3n) is 6.78. The second-order valence-electron chi connectivity index (χ2n) is 9.13. The van der Waals surface area contributed by atoms with Crippen LogP contribution in [0, 0.1) is 17.8 Å². The molecule has 0 aliphatic heterocycles. The largest absolute Gasteiger partial charge is 0.0945 e. The van der Waals surface area contributed by atoms with Crippen molar-refractivity contribution in [1.82, 2.24) is 0 Å². The third kappa shape index (κ3) is 7.36. The summed E-state index contributed by atoms with van der Waals surface area (Å²) in [5.41, 5.74) is 5.61. The lowest BCUT2D eigenvalue weighted by Crippen LogP contribution is -2.12. The van der Waals surface area contributed by atoms with Gasteiger partial charge in [0.2, 0.25) is 0 Å². The average molecular weight is 401 g/mol. The third-order valence-corrected chi connectivity index (χ3v) is 6.78. The lowest BCUT2D eigenvalue weighted by atomic mass is 9.79. The Bertz CT molecular complexity index is 777. The van der Waals surface area contributed by atoms with E-state index in [9.17, 15) is 0 Å². The number of aryl methyl sites for hydroxylation is 2. The van der Waals surface area contributed by atoms with E-state index in [1.165, 1.54) is 92.9 Å². The molecule has 0 saturated heterocycles. The monoisotopic (exact) mass is 400 g/mol. The van der Waals surface area contributed by atoms with Gasteiger partial charge >= 0.3 is 0 Å². The average Bonchev–Trinajstić information content (AvgIpc) is 2.81. The molecule has 1 saturated carbocycles. The number of hydrogen-bond acceptors (Lipinski definition) is 0. The summed E-state index contributed by atoms with van der Waals surface area (Å²) in [6.45, 7) is 4.50. The minimum absolute atomic E-state index is 0.568. The second-order valence-corrected chi connectivity index (χ2v) is 9.13. The fourth-order valence-corrected chi connectivity index (χ4v) is 4.65. The number of benzene rings is 2. The summed E-state index contributed by atoms with van der Waals surface area (Å²) in [4.78, 5) is 0. The van der Waals surface area contributed by atoms with Crippen LogP contribution in [0.5, 0.6) is 0 Å². The van der Waals surface area contributed by atoms with Crippen molar-refractivity contribution in [2.45, 2.75) is 96.8 Å². The van der Waals surface area contributed by atoms with E-state index in [-0.39, 0.29) is 0 Å². The zero-order valence-corrected chi connectivity index (χ0v) is 19.3.